The maximum absolute atomic E-state index is 13.5. The topological polar surface area (TPSA) is 55.1 Å². The molecule has 112 valence electrons. The van der Waals surface area contributed by atoms with Gasteiger partial charge in [0.25, 0.3) is 6.43 Å². The Kier molecular flexibility index (Phi) is 5.35. The molecule has 0 fully saturated rings. The Bertz CT molecular complexity index is 494. The first kappa shape index (κ1) is 16.3. The molecule has 0 aliphatic carbocycles. The number of nitrogen functional groups attached to an aromatic ring is 1. The second-order valence-corrected chi connectivity index (χ2v) is 4.39. The van der Waals surface area contributed by atoms with Crippen molar-refractivity contribution in [3.8, 4) is 0 Å². The molecule has 0 aliphatic rings. The van der Waals surface area contributed by atoms with Gasteiger partial charge < -0.3 is 11.1 Å². The molecule has 0 aliphatic heterocycles. The van der Waals surface area contributed by atoms with Crippen LogP contribution in [0.4, 0.5) is 23.2 Å². The van der Waals surface area contributed by atoms with E-state index < -0.39 is 30.4 Å². The maximum Gasteiger partial charge on any atom is 0.287 e. The normalized spacial score (nSPS) is 14.2. The summed E-state index contributed by atoms with van der Waals surface area (Å²) in [5.41, 5.74) is 6.28. The highest BCUT2D eigenvalue weighted by atomic mass is 19.3. The molecule has 2 atom stereocenters. The zero-order valence-electron chi connectivity index (χ0n) is 11.1. The lowest BCUT2D eigenvalue weighted by Crippen LogP contribution is -2.39. The first-order chi connectivity index (χ1) is 9.27. The van der Waals surface area contributed by atoms with Gasteiger partial charge in [0.05, 0.1) is 11.6 Å². The van der Waals surface area contributed by atoms with E-state index in [2.05, 4.69) is 0 Å². The highest BCUT2D eigenvalue weighted by molar-refractivity contribution is 5.84. The fourth-order valence-corrected chi connectivity index (χ4v) is 1.83. The first-order valence-electron chi connectivity index (χ1n) is 6.08. The SMILES string of the molecule is CCc1cc(N)c(F)cc1C(C)C(=O)NC(F)C(F)F. The van der Waals surface area contributed by atoms with Gasteiger partial charge in [-0.3, -0.25) is 4.79 Å². The summed E-state index contributed by atoms with van der Waals surface area (Å²) in [6, 6.07) is 2.46. The van der Waals surface area contributed by atoms with Crippen LogP contribution in [0.1, 0.15) is 30.9 Å². The van der Waals surface area contributed by atoms with Crippen molar-refractivity contribution in [1.29, 1.82) is 0 Å². The lowest BCUT2D eigenvalue weighted by molar-refractivity contribution is -0.126. The van der Waals surface area contributed by atoms with Crippen LogP contribution in [-0.2, 0) is 11.2 Å². The molecule has 1 aromatic carbocycles. The quantitative estimate of drug-likeness (QED) is 0.498. The number of nitrogens with one attached hydrogen (secondary N) is 1. The van der Waals surface area contributed by atoms with Crippen molar-refractivity contribution in [2.75, 3.05) is 5.73 Å². The summed E-state index contributed by atoms with van der Waals surface area (Å²) in [5.74, 6) is -2.60. The van der Waals surface area contributed by atoms with Gasteiger partial charge in [-0.05, 0) is 36.6 Å². The molecule has 0 aromatic heterocycles. The summed E-state index contributed by atoms with van der Waals surface area (Å²) >= 11 is 0. The van der Waals surface area contributed by atoms with Crippen LogP contribution in [0.2, 0.25) is 0 Å². The van der Waals surface area contributed by atoms with Gasteiger partial charge in [0.2, 0.25) is 12.2 Å². The fraction of sp³-hybridized carbons (Fsp3) is 0.462. The largest absolute Gasteiger partial charge is 0.396 e. The van der Waals surface area contributed by atoms with Gasteiger partial charge >= 0.3 is 0 Å². The molecule has 3 nitrogen and oxygen atoms in total. The number of halogens is 4. The molecule has 20 heavy (non-hydrogen) atoms. The van der Waals surface area contributed by atoms with E-state index in [0.717, 1.165) is 6.07 Å². The van der Waals surface area contributed by atoms with Crippen molar-refractivity contribution in [3.63, 3.8) is 0 Å². The van der Waals surface area contributed by atoms with Crippen LogP contribution in [0.25, 0.3) is 0 Å². The van der Waals surface area contributed by atoms with Crippen molar-refractivity contribution in [3.05, 3.63) is 29.1 Å². The van der Waals surface area contributed by atoms with E-state index in [1.165, 1.54) is 13.0 Å². The standard InChI is InChI=1S/C13H16F4N2O/c1-3-7-4-10(18)9(14)5-8(7)6(2)13(20)19-12(17)11(15)16/h4-6,11-12H,3,18H2,1-2H3,(H,19,20). The molecule has 0 spiro atoms. The van der Waals surface area contributed by atoms with Gasteiger partial charge in [0.15, 0.2) is 0 Å². The smallest absolute Gasteiger partial charge is 0.287 e. The number of aryl methyl sites for hydroxylation is 1. The number of nitrogens with two attached hydrogens (primary N) is 1. The minimum atomic E-state index is -3.31. The average molecular weight is 292 g/mol. The predicted octanol–water partition coefficient (Wildman–Crippen LogP) is 2.75. The van der Waals surface area contributed by atoms with Crippen molar-refractivity contribution in [2.24, 2.45) is 0 Å². The van der Waals surface area contributed by atoms with E-state index in [1.54, 1.807) is 12.2 Å². The molecule has 1 amide bonds. The highest BCUT2D eigenvalue weighted by Gasteiger charge is 2.26. The van der Waals surface area contributed by atoms with E-state index in [4.69, 9.17) is 5.73 Å². The third-order valence-electron chi connectivity index (χ3n) is 3.00. The van der Waals surface area contributed by atoms with Crippen LogP contribution in [0, 0.1) is 5.82 Å². The minimum Gasteiger partial charge on any atom is -0.396 e. The Labute approximate surface area is 114 Å². The molecule has 1 rings (SSSR count). The lowest BCUT2D eigenvalue weighted by Gasteiger charge is -2.18. The number of rotatable bonds is 5. The molecule has 0 saturated carbocycles. The van der Waals surface area contributed by atoms with Crippen molar-refractivity contribution in [1.82, 2.24) is 5.32 Å². The molecule has 0 saturated heterocycles. The lowest BCUT2D eigenvalue weighted by atomic mass is 9.93. The fourth-order valence-electron chi connectivity index (χ4n) is 1.83. The molecule has 0 heterocycles. The van der Waals surface area contributed by atoms with Gasteiger partial charge in [-0.1, -0.05) is 6.92 Å². The third kappa shape index (κ3) is 3.61. The van der Waals surface area contributed by atoms with Crippen molar-refractivity contribution < 1.29 is 22.4 Å². The summed E-state index contributed by atoms with van der Waals surface area (Å²) in [6.45, 7) is 3.16. The van der Waals surface area contributed by atoms with E-state index in [9.17, 15) is 22.4 Å². The zero-order valence-corrected chi connectivity index (χ0v) is 11.1. The second kappa shape index (κ2) is 6.58. The number of carbonyl (C=O) groups excluding carboxylic acids is 1. The Hall–Kier alpha value is -1.79. The van der Waals surface area contributed by atoms with Gasteiger partial charge in [0, 0.05) is 0 Å². The zero-order chi connectivity index (χ0) is 15.4. The molecule has 7 heteroatoms. The third-order valence-corrected chi connectivity index (χ3v) is 3.00. The van der Waals surface area contributed by atoms with Crippen molar-refractivity contribution >= 4 is 11.6 Å². The molecule has 1 aromatic rings. The van der Waals surface area contributed by atoms with Crippen LogP contribution >= 0.6 is 0 Å². The highest BCUT2D eigenvalue weighted by Crippen LogP contribution is 2.25. The summed E-state index contributed by atoms with van der Waals surface area (Å²) in [7, 11) is 0. The summed E-state index contributed by atoms with van der Waals surface area (Å²) in [4.78, 5) is 11.7. The Morgan fingerprint density at radius 3 is 2.45 bits per heavy atom. The van der Waals surface area contributed by atoms with E-state index >= 15 is 0 Å². The molecular weight excluding hydrogens is 276 g/mol. The van der Waals surface area contributed by atoms with Gasteiger partial charge in [-0.2, -0.15) is 0 Å². The van der Waals surface area contributed by atoms with Crippen LogP contribution in [0.5, 0.6) is 0 Å². The van der Waals surface area contributed by atoms with Crippen LogP contribution in [0.15, 0.2) is 12.1 Å². The number of carbonyl (C=O) groups is 1. The Morgan fingerprint density at radius 2 is 1.95 bits per heavy atom. The first-order valence-corrected chi connectivity index (χ1v) is 6.08. The van der Waals surface area contributed by atoms with Gasteiger partial charge in [-0.25, -0.2) is 17.6 Å². The van der Waals surface area contributed by atoms with Crippen LogP contribution < -0.4 is 11.1 Å². The minimum absolute atomic E-state index is 0.0610. The second-order valence-electron chi connectivity index (χ2n) is 4.39. The van der Waals surface area contributed by atoms with Crippen LogP contribution in [-0.4, -0.2) is 18.6 Å². The van der Waals surface area contributed by atoms with E-state index in [1.807, 2.05) is 0 Å². The predicted molar refractivity (Wildman–Crippen MR) is 67.6 cm³/mol. The molecule has 0 radical (unpaired) electrons. The Morgan fingerprint density at radius 1 is 1.35 bits per heavy atom. The number of anilines is 1. The number of alkyl halides is 3. The number of hydrogen-bond donors (Lipinski definition) is 2. The molecule has 2 unspecified atom stereocenters. The Balaban J connectivity index is 2.99. The van der Waals surface area contributed by atoms with E-state index in [-0.39, 0.29) is 5.69 Å². The number of amides is 1. The van der Waals surface area contributed by atoms with Gasteiger partial charge in [-0.15, -0.1) is 0 Å². The monoisotopic (exact) mass is 292 g/mol. The van der Waals surface area contributed by atoms with E-state index in [0.29, 0.717) is 17.5 Å². The summed E-state index contributed by atoms with van der Waals surface area (Å²) in [6.07, 6.45) is -5.57. The van der Waals surface area contributed by atoms with Crippen LogP contribution in [0.3, 0.4) is 0 Å². The molecule has 3 N–H and O–H groups in total. The number of hydrogen-bond acceptors (Lipinski definition) is 2. The summed E-state index contributed by atoms with van der Waals surface area (Å²) in [5, 5.41) is 1.55. The molecular formula is C13H16F4N2O. The number of benzene rings is 1. The maximum atomic E-state index is 13.5. The summed E-state index contributed by atoms with van der Waals surface area (Å²) < 4.78 is 50.4. The molecule has 0 bridgehead atoms. The average Bonchev–Trinajstić information content (AvgIpc) is 2.40. The van der Waals surface area contributed by atoms with Crippen molar-refractivity contribution in [2.45, 2.75) is 38.9 Å². The van der Waals surface area contributed by atoms with Gasteiger partial charge in [0.1, 0.15) is 5.82 Å².